The van der Waals surface area contributed by atoms with Crippen LogP contribution < -0.4 is 20.9 Å². The minimum Gasteiger partial charge on any atom is -0.504 e. The summed E-state index contributed by atoms with van der Waals surface area (Å²) in [5, 5.41) is 22.2. The number of likely N-dealkylation sites (tertiary alicyclic amines) is 2. The Kier molecular flexibility index (Phi) is 11.2. The maximum absolute atomic E-state index is 14.8. The molecule has 2 saturated heterocycles. The van der Waals surface area contributed by atoms with Gasteiger partial charge in [-0.3, -0.25) is 19.4 Å². The fraction of sp³-hybridized carbons (Fsp3) is 0.692. The van der Waals surface area contributed by atoms with Crippen LogP contribution in [0.25, 0.3) is 0 Å². The lowest BCUT2D eigenvalue weighted by Crippen LogP contribution is -2.78. The molecule has 2 aromatic rings. The average Bonchev–Trinajstić information content (AvgIpc) is 4.27. The molecule has 2 aromatic carbocycles. The van der Waals surface area contributed by atoms with Crippen molar-refractivity contribution >= 4 is 23.8 Å². The van der Waals surface area contributed by atoms with E-state index in [1.54, 1.807) is 21.9 Å². The number of piperidine rings is 2. The molecule has 17 heteroatoms. The number of nitrogens with two attached hydrogens (primary N) is 2. The van der Waals surface area contributed by atoms with E-state index in [1.807, 2.05) is 12.1 Å². The molecule has 17 nitrogen and oxygen atoms in total. The number of carbonyl (C=O) groups is 4. The average molecular weight is 953 g/mol. The van der Waals surface area contributed by atoms with Crippen LogP contribution in [0.15, 0.2) is 24.3 Å². The Morgan fingerprint density at radius 3 is 1.49 bits per heavy atom. The third-order valence-electron chi connectivity index (χ3n) is 18.4. The first-order valence-corrected chi connectivity index (χ1v) is 26.0. The summed E-state index contributed by atoms with van der Waals surface area (Å²) in [7, 11) is 0. The minimum absolute atomic E-state index is 0.000462. The van der Waals surface area contributed by atoms with Crippen molar-refractivity contribution in [1.29, 1.82) is 0 Å². The van der Waals surface area contributed by atoms with Crippen LogP contribution in [0.2, 0.25) is 0 Å². The number of nitrogens with zero attached hydrogens (tertiary/aromatic N) is 4. The van der Waals surface area contributed by atoms with Gasteiger partial charge in [-0.25, -0.2) is 9.59 Å². The van der Waals surface area contributed by atoms with E-state index in [4.69, 9.17) is 35.2 Å². The summed E-state index contributed by atoms with van der Waals surface area (Å²) in [5.74, 6) is 1.85. The third-order valence-corrected chi connectivity index (χ3v) is 18.4. The first-order valence-electron chi connectivity index (χ1n) is 26.0. The van der Waals surface area contributed by atoms with Crippen LogP contribution in [0.1, 0.15) is 99.3 Å². The van der Waals surface area contributed by atoms with Crippen molar-refractivity contribution in [3.05, 3.63) is 46.5 Å². The van der Waals surface area contributed by atoms with Crippen molar-refractivity contribution in [2.24, 2.45) is 23.3 Å². The van der Waals surface area contributed by atoms with Crippen molar-refractivity contribution in [1.82, 2.24) is 19.6 Å². The summed E-state index contributed by atoms with van der Waals surface area (Å²) in [5.41, 5.74) is 11.8. The number of carbonyl (C=O) groups excluding carboxylic acids is 4. The molecule has 4 saturated carbocycles. The normalized spacial score (nSPS) is 33.2. The predicted octanol–water partition coefficient (Wildman–Crippen LogP) is 3.67. The highest BCUT2D eigenvalue weighted by Crippen LogP contribution is 2.68. The van der Waals surface area contributed by atoms with E-state index in [0.717, 1.165) is 48.4 Å². The van der Waals surface area contributed by atoms with Gasteiger partial charge in [0.2, 0.25) is 0 Å². The molecule has 0 aromatic heterocycles. The zero-order valence-electron chi connectivity index (χ0n) is 39.7. The summed E-state index contributed by atoms with van der Waals surface area (Å²) in [4.78, 5) is 65.5. The lowest BCUT2D eigenvalue weighted by molar-refractivity contribution is -0.192. The standard InChI is InChI=1S/C52H68N6O11/c53-17-1-19-55(47(63)68-51-13-11-37(61)45-49(51)15-21-57(29-31-3-4-31)39(51)27-33-7-9-35(59)43(66-45)41(33)49)23-25-65-26-24-56(20-2-18-54)48(64)69-52-14-12-38(62)46-50(52)16-22-58(30-32-5-6-32)40(52)28-34-8-10-36(60)44(67-46)42(34)50/h7-10,31-32,39-40,45-46,59-60H,1-6,11-30,53-54H2/t39-,40-,45+,46+,49+,50+,51-,52-/m1/s1. The molecule has 6 N–H and O–H groups in total. The van der Waals surface area contributed by atoms with Gasteiger partial charge < -0.3 is 55.2 Å². The zero-order chi connectivity index (χ0) is 47.5. The summed E-state index contributed by atoms with van der Waals surface area (Å²) in [6.45, 7) is 5.48. The minimum atomic E-state index is -1.06. The molecule has 10 aliphatic rings. The van der Waals surface area contributed by atoms with E-state index < -0.39 is 46.4 Å². The molecule has 4 aliphatic heterocycles. The second-order valence-corrected chi connectivity index (χ2v) is 22.0. The molecular weight excluding hydrogens is 885 g/mol. The monoisotopic (exact) mass is 952 g/mol. The number of ketones is 2. The van der Waals surface area contributed by atoms with Gasteiger partial charge in [0.05, 0.1) is 36.1 Å². The van der Waals surface area contributed by atoms with Crippen molar-refractivity contribution < 1.29 is 53.1 Å². The number of phenolic OH excluding ortho intramolecular Hbond substituents is 2. The largest absolute Gasteiger partial charge is 0.504 e. The number of amides is 2. The third kappa shape index (κ3) is 6.79. The van der Waals surface area contributed by atoms with E-state index in [2.05, 4.69) is 9.80 Å². The molecule has 4 heterocycles. The molecule has 6 fully saturated rings. The Hall–Kier alpha value is -4.68. The summed E-state index contributed by atoms with van der Waals surface area (Å²) in [6.07, 6.45) is 6.66. The molecule has 6 aliphatic carbocycles. The first-order chi connectivity index (χ1) is 33.5. The molecule has 2 spiro atoms. The maximum atomic E-state index is 14.8. The predicted molar refractivity (Wildman–Crippen MR) is 249 cm³/mol. The van der Waals surface area contributed by atoms with Crippen LogP contribution in [0, 0.1) is 11.8 Å². The van der Waals surface area contributed by atoms with Crippen LogP contribution in [0.5, 0.6) is 23.0 Å². The molecule has 0 unspecified atom stereocenters. The number of ether oxygens (including phenoxy) is 5. The Morgan fingerprint density at radius 2 is 1.09 bits per heavy atom. The van der Waals surface area contributed by atoms with Gasteiger partial charge in [0, 0.05) is 63.2 Å². The van der Waals surface area contributed by atoms with Crippen LogP contribution >= 0.6 is 0 Å². The highest BCUT2D eigenvalue weighted by atomic mass is 16.6. The van der Waals surface area contributed by atoms with Crippen LogP contribution in [-0.2, 0) is 47.5 Å². The van der Waals surface area contributed by atoms with Crippen molar-refractivity contribution in [2.45, 2.75) is 136 Å². The number of rotatable bonds is 18. The van der Waals surface area contributed by atoms with E-state index in [0.29, 0.717) is 101 Å². The number of benzene rings is 2. The smallest absolute Gasteiger partial charge is 0.410 e. The lowest BCUT2D eigenvalue weighted by atomic mass is 9.48. The van der Waals surface area contributed by atoms with Gasteiger partial charge in [0.25, 0.3) is 0 Å². The van der Waals surface area contributed by atoms with Gasteiger partial charge in [-0.1, -0.05) is 12.1 Å². The highest BCUT2D eigenvalue weighted by molar-refractivity contribution is 5.91. The van der Waals surface area contributed by atoms with Gasteiger partial charge in [0.15, 0.2) is 46.8 Å². The summed E-state index contributed by atoms with van der Waals surface area (Å²) >= 11 is 0. The van der Waals surface area contributed by atoms with Gasteiger partial charge >= 0.3 is 12.2 Å². The van der Waals surface area contributed by atoms with E-state index in [-0.39, 0.29) is 74.3 Å². The lowest BCUT2D eigenvalue weighted by Gasteiger charge is -2.63. The Labute approximate surface area is 403 Å². The highest BCUT2D eigenvalue weighted by Gasteiger charge is 2.77. The van der Waals surface area contributed by atoms with Crippen LogP contribution in [0.4, 0.5) is 9.59 Å². The van der Waals surface area contributed by atoms with Gasteiger partial charge in [-0.05, 0) is 138 Å². The molecule has 2 amide bonds. The molecule has 372 valence electrons. The first kappa shape index (κ1) is 45.5. The maximum Gasteiger partial charge on any atom is 0.410 e. The van der Waals surface area contributed by atoms with Crippen LogP contribution in [-0.4, -0.2) is 168 Å². The zero-order valence-corrected chi connectivity index (χ0v) is 39.7. The summed E-state index contributed by atoms with van der Waals surface area (Å²) < 4.78 is 33.1. The number of phenols is 2. The second kappa shape index (κ2) is 17.0. The molecular formula is C52H68N6O11. The SMILES string of the molecule is NCCCN(CCOCCN(CCCN)C(=O)O[C@@]12CCC(=O)[C@@H]3Oc4c(O)ccc5c4[C@@]31CCN(CC1CC1)[C@@H]2C5)C(=O)O[C@@]12CCC(=O)[C@@H]3Oc4c(O)ccc5c4[C@@]31CCN(CC1CC1)[C@@H]2C5. The van der Waals surface area contributed by atoms with Gasteiger partial charge in [-0.2, -0.15) is 0 Å². The molecule has 4 bridgehead atoms. The fourth-order valence-corrected chi connectivity index (χ4v) is 14.9. The van der Waals surface area contributed by atoms with Crippen molar-refractivity contribution in [3.63, 3.8) is 0 Å². The van der Waals surface area contributed by atoms with Crippen molar-refractivity contribution in [3.8, 4) is 23.0 Å². The van der Waals surface area contributed by atoms with Gasteiger partial charge in [-0.15, -0.1) is 0 Å². The van der Waals surface area contributed by atoms with Crippen LogP contribution in [0.3, 0.4) is 0 Å². The van der Waals surface area contributed by atoms with E-state index >= 15 is 0 Å². The quantitative estimate of drug-likeness (QED) is 0.157. The molecule has 69 heavy (non-hydrogen) atoms. The molecule has 12 rings (SSSR count). The Morgan fingerprint density at radius 1 is 0.652 bits per heavy atom. The number of hydrogen-bond donors (Lipinski definition) is 4. The fourth-order valence-electron chi connectivity index (χ4n) is 14.9. The number of aromatic hydroxyl groups is 2. The Balaban J connectivity index is 0.762. The van der Waals surface area contributed by atoms with E-state index in [9.17, 15) is 29.4 Å². The number of Topliss-reactive ketones (excluding diaryl/α,β-unsaturated/α-hetero) is 2. The summed E-state index contributed by atoms with van der Waals surface area (Å²) in [6, 6.07) is 6.88. The molecule has 8 atom stereocenters. The van der Waals surface area contributed by atoms with E-state index in [1.165, 1.54) is 25.7 Å². The van der Waals surface area contributed by atoms with Crippen molar-refractivity contribution in [2.75, 3.05) is 78.7 Å². The second-order valence-electron chi connectivity index (χ2n) is 22.0. The number of hydrogen-bond acceptors (Lipinski definition) is 15. The Bertz CT molecular complexity index is 2270. The van der Waals surface area contributed by atoms with Gasteiger partial charge in [0.1, 0.15) is 11.2 Å². The molecule has 0 radical (unpaired) electrons. The topological polar surface area (TPSA) is 220 Å².